The Morgan fingerprint density at radius 1 is 1.05 bits per heavy atom. The molecule has 21 heavy (non-hydrogen) atoms. The molecule has 0 aliphatic carbocycles. The van der Waals surface area contributed by atoms with Crippen molar-refractivity contribution in [3.63, 3.8) is 0 Å². The minimum Gasteiger partial charge on any atom is -0.395 e. The van der Waals surface area contributed by atoms with Crippen LogP contribution in [0.3, 0.4) is 0 Å². The number of aliphatic hydroxyl groups is 2. The van der Waals surface area contributed by atoms with Gasteiger partial charge in [-0.05, 0) is 29.7 Å². The Morgan fingerprint density at radius 2 is 1.81 bits per heavy atom. The second-order valence-electron chi connectivity index (χ2n) is 5.05. The first-order valence-electron chi connectivity index (χ1n) is 7.00. The van der Waals surface area contributed by atoms with E-state index in [1.165, 1.54) is 5.56 Å². The maximum absolute atomic E-state index is 10.2. The second-order valence-corrected chi connectivity index (χ2v) is 5.96. The molecule has 0 aliphatic heterocycles. The van der Waals surface area contributed by atoms with Crippen molar-refractivity contribution in [1.82, 2.24) is 5.32 Å². The highest BCUT2D eigenvalue weighted by Crippen LogP contribution is 2.17. The van der Waals surface area contributed by atoms with Crippen molar-refractivity contribution < 1.29 is 10.2 Å². The van der Waals surface area contributed by atoms with Gasteiger partial charge in [0.25, 0.3) is 0 Å². The van der Waals surface area contributed by atoms with Gasteiger partial charge in [-0.15, -0.1) is 0 Å². The highest BCUT2D eigenvalue weighted by molar-refractivity contribution is 9.10. The Balaban J connectivity index is 1.88. The van der Waals surface area contributed by atoms with E-state index in [9.17, 15) is 10.2 Å². The summed E-state index contributed by atoms with van der Waals surface area (Å²) in [4.78, 5) is 0. The van der Waals surface area contributed by atoms with Crippen molar-refractivity contribution in [2.24, 2.45) is 0 Å². The van der Waals surface area contributed by atoms with Crippen LogP contribution in [0.15, 0.2) is 59.1 Å². The van der Waals surface area contributed by atoms with E-state index < -0.39 is 6.10 Å². The average molecular weight is 350 g/mol. The maximum atomic E-state index is 10.2. The lowest BCUT2D eigenvalue weighted by molar-refractivity contribution is 0.158. The van der Waals surface area contributed by atoms with Crippen LogP contribution < -0.4 is 5.32 Å². The SMILES string of the molecule is OCC(Cc1ccccc1)NCC(O)c1cccc(Br)c1. The first-order chi connectivity index (χ1) is 10.2. The molecule has 0 fully saturated rings. The van der Waals surface area contributed by atoms with Gasteiger partial charge in [-0.1, -0.05) is 58.4 Å². The molecule has 0 heterocycles. The molecule has 0 saturated heterocycles. The summed E-state index contributed by atoms with van der Waals surface area (Å²) in [5.41, 5.74) is 2.02. The minimum absolute atomic E-state index is 0.0418. The maximum Gasteiger partial charge on any atom is 0.0914 e. The molecule has 112 valence electrons. The molecule has 0 radical (unpaired) electrons. The van der Waals surface area contributed by atoms with Gasteiger partial charge in [0.1, 0.15) is 0 Å². The van der Waals surface area contributed by atoms with Gasteiger partial charge in [0.2, 0.25) is 0 Å². The highest BCUT2D eigenvalue weighted by Gasteiger charge is 2.12. The largest absolute Gasteiger partial charge is 0.395 e. The number of hydrogen-bond donors (Lipinski definition) is 3. The molecule has 0 amide bonds. The standard InChI is InChI=1S/C17H20BrNO2/c18-15-8-4-7-14(10-15)17(21)11-19-16(12-20)9-13-5-2-1-3-6-13/h1-8,10,16-17,19-21H,9,11-12H2. The fraction of sp³-hybridized carbons (Fsp3) is 0.294. The predicted octanol–water partition coefficient (Wildman–Crippen LogP) is 2.68. The fourth-order valence-electron chi connectivity index (χ4n) is 2.21. The smallest absolute Gasteiger partial charge is 0.0914 e. The molecule has 0 spiro atoms. The van der Waals surface area contributed by atoms with Gasteiger partial charge >= 0.3 is 0 Å². The Bertz CT molecular complexity index is 547. The number of nitrogens with one attached hydrogen (secondary N) is 1. The van der Waals surface area contributed by atoms with Gasteiger partial charge in [-0.3, -0.25) is 0 Å². The fourth-order valence-corrected chi connectivity index (χ4v) is 2.63. The van der Waals surface area contributed by atoms with Crippen molar-refractivity contribution >= 4 is 15.9 Å². The Hall–Kier alpha value is -1.20. The molecule has 2 aromatic rings. The van der Waals surface area contributed by atoms with E-state index in [4.69, 9.17) is 0 Å². The summed E-state index contributed by atoms with van der Waals surface area (Å²) in [7, 11) is 0. The van der Waals surface area contributed by atoms with E-state index in [-0.39, 0.29) is 12.6 Å². The number of hydrogen-bond acceptors (Lipinski definition) is 3. The quantitative estimate of drug-likeness (QED) is 0.720. The van der Waals surface area contributed by atoms with Crippen LogP contribution in [-0.2, 0) is 6.42 Å². The summed E-state index contributed by atoms with van der Waals surface area (Å²) in [6.07, 6.45) is 0.148. The molecule has 0 saturated carbocycles. The molecule has 2 unspecified atom stereocenters. The molecular weight excluding hydrogens is 330 g/mol. The third-order valence-corrected chi connectivity index (χ3v) is 3.87. The van der Waals surface area contributed by atoms with Gasteiger partial charge in [0, 0.05) is 17.1 Å². The lowest BCUT2D eigenvalue weighted by atomic mass is 10.1. The van der Waals surface area contributed by atoms with Gasteiger partial charge in [-0.25, -0.2) is 0 Å². The Kier molecular flexibility index (Phi) is 6.39. The van der Waals surface area contributed by atoms with Crippen LogP contribution in [0.2, 0.25) is 0 Å². The normalized spacial score (nSPS) is 13.9. The van der Waals surface area contributed by atoms with E-state index in [0.717, 1.165) is 16.5 Å². The Morgan fingerprint density at radius 3 is 2.48 bits per heavy atom. The first-order valence-corrected chi connectivity index (χ1v) is 7.80. The number of rotatable bonds is 7. The van der Waals surface area contributed by atoms with Crippen LogP contribution in [-0.4, -0.2) is 29.4 Å². The molecular formula is C17H20BrNO2. The third kappa shape index (κ3) is 5.25. The van der Waals surface area contributed by atoms with Crippen molar-refractivity contribution in [3.8, 4) is 0 Å². The molecule has 4 heteroatoms. The van der Waals surface area contributed by atoms with Crippen LogP contribution in [0, 0.1) is 0 Å². The zero-order valence-corrected chi connectivity index (χ0v) is 13.3. The van der Waals surface area contributed by atoms with Gasteiger partial charge < -0.3 is 15.5 Å². The zero-order chi connectivity index (χ0) is 15.1. The van der Waals surface area contributed by atoms with Crippen LogP contribution in [0.25, 0.3) is 0 Å². The van der Waals surface area contributed by atoms with Crippen LogP contribution in [0.4, 0.5) is 0 Å². The number of aliphatic hydroxyl groups excluding tert-OH is 2. The number of halogens is 1. The van der Waals surface area contributed by atoms with Crippen molar-refractivity contribution in [1.29, 1.82) is 0 Å². The van der Waals surface area contributed by atoms with Gasteiger partial charge in [0.15, 0.2) is 0 Å². The molecule has 0 aromatic heterocycles. The zero-order valence-electron chi connectivity index (χ0n) is 11.7. The topological polar surface area (TPSA) is 52.5 Å². The second kappa shape index (κ2) is 8.29. The summed E-state index contributed by atoms with van der Waals surface area (Å²) in [6, 6.07) is 17.6. The molecule has 2 atom stereocenters. The van der Waals surface area contributed by atoms with E-state index in [0.29, 0.717) is 6.54 Å². The Labute approximate surface area is 133 Å². The summed E-state index contributed by atoms with van der Waals surface area (Å²) in [5, 5.41) is 22.9. The molecule has 2 rings (SSSR count). The van der Waals surface area contributed by atoms with Crippen molar-refractivity contribution in [2.45, 2.75) is 18.6 Å². The van der Waals surface area contributed by atoms with Gasteiger partial charge in [-0.2, -0.15) is 0 Å². The van der Waals surface area contributed by atoms with Crippen LogP contribution in [0.5, 0.6) is 0 Å². The summed E-state index contributed by atoms with van der Waals surface area (Å²) >= 11 is 3.40. The summed E-state index contributed by atoms with van der Waals surface area (Å²) in [5.74, 6) is 0. The third-order valence-electron chi connectivity index (χ3n) is 3.38. The summed E-state index contributed by atoms with van der Waals surface area (Å²) in [6.45, 7) is 0.453. The van der Waals surface area contributed by atoms with E-state index in [1.807, 2.05) is 54.6 Å². The molecule has 3 N–H and O–H groups in total. The molecule has 3 nitrogen and oxygen atoms in total. The average Bonchev–Trinajstić information content (AvgIpc) is 2.52. The van der Waals surface area contributed by atoms with Crippen molar-refractivity contribution in [2.75, 3.05) is 13.2 Å². The monoisotopic (exact) mass is 349 g/mol. The highest BCUT2D eigenvalue weighted by atomic mass is 79.9. The van der Waals surface area contributed by atoms with Gasteiger partial charge in [0.05, 0.1) is 12.7 Å². The predicted molar refractivity (Wildman–Crippen MR) is 88.1 cm³/mol. The van der Waals surface area contributed by atoms with Crippen molar-refractivity contribution in [3.05, 3.63) is 70.2 Å². The van der Waals surface area contributed by atoms with Crippen LogP contribution in [0.1, 0.15) is 17.2 Å². The lowest BCUT2D eigenvalue weighted by Crippen LogP contribution is -2.37. The molecule has 0 bridgehead atoms. The molecule has 2 aromatic carbocycles. The molecule has 0 aliphatic rings. The van der Waals surface area contributed by atoms with E-state index in [1.54, 1.807) is 0 Å². The van der Waals surface area contributed by atoms with Crippen LogP contribution >= 0.6 is 15.9 Å². The first kappa shape index (κ1) is 16.2. The minimum atomic E-state index is -0.590. The van der Waals surface area contributed by atoms with E-state index >= 15 is 0 Å². The van der Waals surface area contributed by atoms with E-state index in [2.05, 4.69) is 21.2 Å². The lowest BCUT2D eigenvalue weighted by Gasteiger charge is -2.19. The number of benzene rings is 2. The summed E-state index contributed by atoms with van der Waals surface area (Å²) < 4.78 is 0.946.